The van der Waals surface area contributed by atoms with Gasteiger partial charge in [0.15, 0.2) is 0 Å². The van der Waals surface area contributed by atoms with Gasteiger partial charge < -0.3 is 4.90 Å². The predicted octanol–water partition coefficient (Wildman–Crippen LogP) is 12.0. The number of rotatable bonds is 7. The first-order valence-corrected chi connectivity index (χ1v) is 17.7. The fraction of sp³-hybridized carbons (Fsp3) is 0.0417. The molecule has 246 valence electrons. The number of hydrogen-bond acceptors (Lipinski definition) is 3. The molecule has 0 aliphatic heterocycles. The first-order valence-electron chi connectivity index (χ1n) is 17.7. The summed E-state index contributed by atoms with van der Waals surface area (Å²) in [6.45, 7) is 0. The van der Waals surface area contributed by atoms with E-state index in [2.05, 4.69) is 161 Å². The molecule has 4 heteroatoms. The van der Waals surface area contributed by atoms with Gasteiger partial charge in [0, 0.05) is 33.9 Å². The number of fused-ring (bicyclic) bond motifs is 3. The Balaban J connectivity index is 1.00. The van der Waals surface area contributed by atoms with Gasteiger partial charge in [-0.15, -0.1) is 0 Å². The second-order valence-electron chi connectivity index (χ2n) is 13.1. The van der Waals surface area contributed by atoms with E-state index in [4.69, 9.17) is 4.98 Å². The van der Waals surface area contributed by atoms with Crippen molar-refractivity contribution in [3.05, 3.63) is 199 Å². The Morgan fingerprint density at radius 1 is 0.481 bits per heavy atom. The third kappa shape index (κ3) is 5.75. The first kappa shape index (κ1) is 31.1. The second kappa shape index (κ2) is 13.4. The van der Waals surface area contributed by atoms with E-state index in [0.717, 1.165) is 63.8 Å². The van der Waals surface area contributed by atoms with Crippen LogP contribution in [0.3, 0.4) is 0 Å². The number of benzene rings is 7. The van der Waals surface area contributed by atoms with Gasteiger partial charge in [0.05, 0.1) is 23.0 Å². The lowest BCUT2D eigenvalue weighted by molar-refractivity contribution is 0.857. The number of para-hydroxylation sites is 2. The van der Waals surface area contributed by atoms with Crippen molar-refractivity contribution in [3.8, 4) is 56.7 Å². The number of imidazole rings is 1. The summed E-state index contributed by atoms with van der Waals surface area (Å²) in [5.74, 6) is 0.912. The molecular weight excluding hydrogens is 633 g/mol. The van der Waals surface area contributed by atoms with E-state index in [1.54, 1.807) is 0 Å². The van der Waals surface area contributed by atoms with Gasteiger partial charge in [0.25, 0.3) is 0 Å². The number of hydrogen-bond donors (Lipinski definition) is 0. The molecule has 8 aromatic rings. The molecular formula is C48H34N4. The maximum absolute atomic E-state index is 9.42. The van der Waals surface area contributed by atoms with Crippen molar-refractivity contribution in [1.29, 1.82) is 5.26 Å². The maximum Gasteiger partial charge on any atom is 0.145 e. The number of aryl methyl sites for hydroxylation is 1. The molecule has 1 aromatic heterocycles. The lowest BCUT2D eigenvalue weighted by Gasteiger charge is -2.25. The lowest BCUT2D eigenvalue weighted by Crippen LogP contribution is -2.09. The van der Waals surface area contributed by atoms with Crippen molar-refractivity contribution in [3.63, 3.8) is 0 Å². The van der Waals surface area contributed by atoms with Crippen molar-refractivity contribution in [2.24, 2.45) is 0 Å². The third-order valence-electron chi connectivity index (χ3n) is 9.98. The van der Waals surface area contributed by atoms with Gasteiger partial charge in [0.1, 0.15) is 5.82 Å². The highest BCUT2D eigenvalue weighted by Gasteiger charge is 2.25. The van der Waals surface area contributed by atoms with Crippen molar-refractivity contribution in [1.82, 2.24) is 9.55 Å². The summed E-state index contributed by atoms with van der Waals surface area (Å²) in [6, 6.07) is 65.9. The molecule has 1 aliphatic carbocycles. The highest BCUT2D eigenvalue weighted by molar-refractivity contribution is 5.80. The molecule has 0 fully saturated rings. The van der Waals surface area contributed by atoms with E-state index in [1.807, 2.05) is 36.4 Å². The minimum Gasteiger partial charge on any atom is -0.311 e. The van der Waals surface area contributed by atoms with Gasteiger partial charge >= 0.3 is 0 Å². The minimum atomic E-state index is 0.648. The lowest BCUT2D eigenvalue weighted by atomic mass is 9.92. The van der Waals surface area contributed by atoms with Gasteiger partial charge in [-0.25, -0.2) is 4.98 Å². The summed E-state index contributed by atoms with van der Waals surface area (Å²) < 4.78 is 2.28. The zero-order valence-corrected chi connectivity index (χ0v) is 28.5. The second-order valence-corrected chi connectivity index (χ2v) is 13.1. The normalized spacial score (nSPS) is 11.7. The summed E-state index contributed by atoms with van der Waals surface area (Å²) >= 11 is 0. The van der Waals surface area contributed by atoms with Crippen LogP contribution in [0.2, 0.25) is 0 Å². The Bertz CT molecular complexity index is 2490. The van der Waals surface area contributed by atoms with Crippen molar-refractivity contribution < 1.29 is 0 Å². The molecule has 0 bridgehead atoms. The van der Waals surface area contributed by atoms with Crippen molar-refractivity contribution in [2.45, 2.75) is 12.8 Å². The summed E-state index contributed by atoms with van der Waals surface area (Å²) in [5, 5.41) is 9.42. The molecule has 4 nitrogen and oxygen atoms in total. The SMILES string of the molecule is N#Cc1ccc(-n2c(-c3ccc(-c4ccc(-c5ccc(N(c6ccccc6)c6ccccc6)cc5)cc4)cc3)nc3c2CCc2ccccc2-3)cc1. The van der Waals surface area contributed by atoms with Crippen LogP contribution in [0.1, 0.15) is 16.8 Å². The summed E-state index contributed by atoms with van der Waals surface area (Å²) in [6.07, 6.45) is 1.88. The molecule has 52 heavy (non-hydrogen) atoms. The average molecular weight is 667 g/mol. The molecule has 0 atom stereocenters. The minimum absolute atomic E-state index is 0.648. The van der Waals surface area contributed by atoms with E-state index in [1.165, 1.54) is 27.9 Å². The zero-order valence-electron chi connectivity index (χ0n) is 28.5. The first-order chi connectivity index (χ1) is 25.7. The molecule has 0 spiro atoms. The topological polar surface area (TPSA) is 44.9 Å². The quantitative estimate of drug-likeness (QED) is 0.170. The average Bonchev–Trinajstić information content (AvgIpc) is 3.63. The van der Waals surface area contributed by atoms with E-state index in [-0.39, 0.29) is 0 Å². The van der Waals surface area contributed by atoms with Crippen LogP contribution < -0.4 is 4.90 Å². The van der Waals surface area contributed by atoms with Crippen LogP contribution in [0.5, 0.6) is 0 Å². The Morgan fingerprint density at radius 3 is 1.52 bits per heavy atom. The Hall–Kier alpha value is -6.96. The molecule has 0 unspecified atom stereocenters. The van der Waals surface area contributed by atoms with Crippen molar-refractivity contribution >= 4 is 17.1 Å². The van der Waals surface area contributed by atoms with E-state index < -0.39 is 0 Å². The number of nitriles is 1. The maximum atomic E-state index is 9.42. The van der Waals surface area contributed by atoms with Gasteiger partial charge in [-0.2, -0.15) is 5.26 Å². The summed E-state index contributed by atoms with van der Waals surface area (Å²) in [5.41, 5.74) is 15.5. The van der Waals surface area contributed by atoms with E-state index in [9.17, 15) is 5.26 Å². The summed E-state index contributed by atoms with van der Waals surface area (Å²) in [7, 11) is 0. The predicted molar refractivity (Wildman–Crippen MR) is 212 cm³/mol. The van der Waals surface area contributed by atoms with Gasteiger partial charge in [0.2, 0.25) is 0 Å². The van der Waals surface area contributed by atoms with E-state index in [0.29, 0.717) is 5.56 Å². The molecule has 7 aromatic carbocycles. The Morgan fingerprint density at radius 2 is 0.962 bits per heavy atom. The Labute approximate surface area is 304 Å². The fourth-order valence-corrected chi connectivity index (χ4v) is 7.35. The van der Waals surface area contributed by atoms with Gasteiger partial charge in [-0.1, -0.05) is 121 Å². The molecule has 1 aliphatic rings. The van der Waals surface area contributed by atoms with Crippen LogP contribution in [-0.4, -0.2) is 9.55 Å². The monoisotopic (exact) mass is 666 g/mol. The molecule has 1 heterocycles. The van der Waals surface area contributed by atoms with Crippen LogP contribution >= 0.6 is 0 Å². The molecule has 0 N–H and O–H groups in total. The smallest absolute Gasteiger partial charge is 0.145 e. The standard InChI is InChI=1S/C48H34N4/c49-33-34-15-28-44(29-16-34)52-46-32-27-39-9-7-8-14-45(39)47(46)50-48(52)40-23-21-37(22-24-40)35-17-19-36(20-18-35)38-25-30-43(31-26-38)51(41-10-3-1-4-11-41)42-12-5-2-6-13-42/h1-26,28-31H,27,32H2. The van der Waals surface area contributed by atoms with Gasteiger partial charge in [-0.3, -0.25) is 4.57 Å². The highest BCUT2D eigenvalue weighted by atomic mass is 15.1. The summed E-state index contributed by atoms with van der Waals surface area (Å²) in [4.78, 5) is 7.55. The molecule has 9 rings (SSSR count). The largest absolute Gasteiger partial charge is 0.311 e. The van der Waals surface area contributed by atoms with Crippen LogP contribution in [0.15, 0.2) is 182 Å². The van der Waals surface area contributed by atoms with Crippen molar-refractivity contribution in [2.75, 3.05) is 4.90 Å². The van der Waals surface area contributed by atoms with Gasteiger partial charge in [-0.05, 0) is 101 Å². The number of nitrogens with zero attached hydrogens (tertiary/aromatic N) is 4. The van der Waals surface area contributed by atoms with Crippen LogP contribution in [-0.2, 0) is 12.8 Å². The molecule has 0 amide bonds. The van der Waals surface area contributed by atoms with Crippen LogP contribution in [0.4, 0.5) is 17.1 Å². The number of anilines is 3. The number of aromatic nitrogens is 2. The van der Waals surface area contributed by atoms with E-state index >= 15 is 0 Å². The third-order valence-corrected chi connectivity index (χ3v) is 9.98. The highest BCUT2D eigenvalue weighted by Crippen LogP contribution is 2.39. The van der Waals surface area contributed by atoms with Crippen LogP contribution in [0, 0.1) is 11.3 Å². The fourth-order valence-electron chi connectivity index (χ4n) is 7.35. The van der Waals surface area contributed by atoms with Crippen LogP contribution in [0.25, 0.3) is 50.6 Å². The molecule has 0 saturated carbocycles. The Kier molecular flexibility index (Phi) is 8.00. The zero-order chi connectivity index (χ0) is 34.9. The molecule has 0 saturated heterocycles. The molecule has 0 radical (unpaired) electrons.